The van der Waals surface area contributed by atoms with Gasteiger partial charge < -0.3 is 19.3 Å². The monoisotopic (exact) mass is 360 g/mol. The highest BCUT2D eigenvalue weighted by Gasteiger charge is 2.49. The molecule has 3 rings (SSSR count). The summed E-state index contributed by atoms with van der Waals surface area (Å²) in [5, 5.41) is 9.38. The van der Waals surface area contributed by atoms with Gasteiger partial charge >= 0.3 is 11.9 Å². The van der Waals surface area contributed by atoms with Crippen molar-refractivity contribution in [1.29, 1.82) is 0 Å². The average Bonchev–Trinajstić information content (AvgIpc) is 2.98. The molecule has 1 aliphatic rings. The van der Waals surface area contributed by atoms with E-state index in [1.165, 1.54) is 24.3 Å². The van der Waals surface area contributed by atoms with Crippen molar-refractivity contribution in [3.63, 3.8) is 0 Å². The molecule has 26 heavy (non-hydrogen) atoms. The van der Waals surface area contributed by atoms with Crippen molar-refractivity contribution in [1.82, 2.24) is 0 Å². The zero-order valence-corrected chi connectivity index (χ0v) is 13.7. The van der Waals surface area contributed by atoms with Crippen LogP contribution in [0.25, 0.3) is 0 Å². The summed E-state index contributed by atoms with van der Waals surface area (Å²) >= 11 is 0. The molecular weight excluding hydrogens is 343 g/mol. The first-order valence-corrected chi connectivity index (χ1v) is 8.02. The second-order valence-electron chi connectivity index (χ2n) is 5.68. The highest BCUT2D eigenvalue weighted by atomic mass is 19.1. The van der Waals surface area contributed by atoms with Crippen LogP contribution >= 0.6 is 0 Å². The molecule has 2 aromatic rings. The molecule has 2 unspecified atom stereocenters. The third-order valence-electron chi connectivity index (χ3n) is 3.91. The fourth-order valence-corrected chi connectivity index (χ4v) is 2.58. The summed E-state index contributed by atoms with van der Waals surface area (Å²) in [6, 6.07) is 16.1. The molecular formula is C19H17FO6. The Balaban J connectivity index is 1.67. The summed E-state index contributed by atoms with van der Waals surface area (Å²) in [6.07, 6.45) is -6.02. The van der Waals surface area contributed by atoms with Crippen molar-refractivity contribution in [2.75, 3.05) is 6.61 Å². The van der Waals surface area contributed by atoms with Gasteiger partial charge in [-0.3, -0.25) is 0 Å². The molecule has 0 bridgehead atoms. The summed E-state index contributed by atoms with van der Waals surface area (Å²) in [4.78, 5) is 24.2. The number of carbonyl (C=O) groups is 2. The zero-order chi connectivity index (χ0) is 18.5. The number of rotatable bonds is 5. The second kappa shape index (κ2) is 8.07. The molecule has 0 spiro atoms. The van der Waals surface area contributed by atoms with Gasteiger partial charge in [0.25, 0.3) is 0 Å². The van der Waals surface area contributed by atoms with Crippen molar-refractivity contribution in [2.24, 2.45) is 0 Å². The number of benzene rings is 2. The number of halogens is 1. The van der Waals surface area contributed by atoms with Crippen LogP contribution in [0.3, 0.4) is 0 Å². The molecule has 1 N–H and O–H groups in total. The van der Waals surface area contributed by atoms with Gasteiger partial charge in [0.15, 0.2) is 6.10 Å². The molecule has 0 radical (unpaired) electrons. The van der Waals surface area contributed by atoms with E-state index in [9.17, 15) is 19.1 Å². The summed E-state index contributed by atoms with van der Waals surface area (Å²) < 4.78 is 30.0. The van der Waals surface area contributed by atoms with Gasteiger partial charge in [0.05, 0.1) is 17.7 Å². The van der Waals surface area contributed by atoms with Crippen LogP contribution in [0.15, 0.2) is 60.7 Å². The molecule has 1 aliphatic heterocycles. The number of hydrogen-bond donors (Lipinski definition) is 1. The predicted molar refractivity (Wildman–Crippen MR) is 88.1 cm³/mol. The summed E-state index contributed by atoms with van der Waals surface area (Å²) in [7, 11) is 0. The molecule has 4 atom stereocenters. The lowest BCUT2D eigenvalue weighted by Gasteiger charge is -2.18. The molecule has 0 aromatic heterocycles. The predicted octanol–water partition coefficient (Wildman–Crippen LogP) is 2.12. The Morgan fingerprint density at radius 2 is 1.42 bits per heavy atom. The molecule has 1 fully saturated rings. The molecule has 1 heterocycles. The Bertz CT molecular complexity index is 751. The topological polar surface area (TPSA) is 82.1 Å². The standard InChI is InChI=1S/C19H17FO6/c20-15-16(25-17(22)12-7-3-1-4-8-12)14(11-21)24-19(15)26-18(23)13-9-5-2-6-10-13/h1-10,14-16,19,21H,11H2/t14-,15?,16?,19-/m1/s1. The second-order valence-corrected chi connectivity index (χ2v) is 5.68. The van der Waals surface area contributed by atoms with Crippen LogP contribution < -0.4 is 0 Å². The highest BCUT2D eigenvalue weighted by molar-refractivity contribution is 5.90. The average molecular weight is 360 g/mol. The number of aliphatic hydroxyl groups excluding tert-OH is 1. The van der Waals surface area contributed by atoms with Gasteiger partial charge in [0.1, 0.15) is 6.10 Å². The van der Waals surface area contributed by atoms with Crippen LogP contribution in [0.4, 0.5) is 4.39 Å². The number of aliphatic hydroxyl groups is 1. The van der Waals surface area contributed by atoms with Gasteiger partial charge in [0, 0.05) is 0 Å². The minimum atomic E-state index is -1.92. The van der Waals surface area contributed by atoms with E-state index in [-0.39, 0.29) is 11.1 Å². The smallest absolute Gasteiger partial charge is 0.340 e. The third-order valence-corrected chi connectivity index (χ3v) is 3.91. The Kier molecular flexibility index (Phi) is 5.60. The van der Waals surface area contributed by atoms with Crippen LogP contribution in [0.2, 0.25) is 0 Å². The first-order valence-electron chi connectivity index (χ1n) is 8.02. The maximum atomic E-state index is 14.7. The number of hydrogen-bond acceptors (Lipinski definition) is 6. The highest BCUT2D eigenvalue weighted by Crippen LogP contribution is 2.29. The lowest BCUT2D eigenvalue weighted by molar-refractivity contribution is -0.128. The van der Waals surface area contributed by atoms with Gasteiger partial charge in [0.2, 0.25) is 12.5 Å². The van der Waals surface area contributed by atoms with Crippen molar-refractivity contribution in [3.05, 3.63) is 71.8 Å². The Morgan fingerprint density at radius 1 is 0.923 bits per heavy atom. The molecule has 0 aliphatic carbocycles. The van der Waals surface area contributed by atoms with Crippen molar-refractivity contribution >= 4 is 11.9 Å². The lowest BCUT2D eigenvalue weighted by Crippen LogP contribution is -2.36. The molecule has 0 amide bonds. The first-order chi connectivity index (χ1) is 12.6. The van der Waals surface area contributed by atoms with E-state index in [0.717, 1.165) is 0 Å². The van der Waals surface area contributed by atoms with E-state index in [4.69, 9.17) is 14.2 Å². The van der Waals surface area contributed by atoms with Crippen molar-refractivity contribution < 1.29 is 33.3 Å². The normalized spacial score (nSPS) is 24.8. The number of carbonyl (C=O) groups excluding carboxylic acids is 2. The van der Waals surface area contributed by atoms with E-state index >= 15 is 0 Å². The van der Waals surface area contributed by atoms with Crippen LogP contribution in [0.5, 0.6) is 0 Å². The quantitative estimate of drug-likeness (QED) is 0.823. The summed E-state index contributed by atoms with van der Waals surface area (Å²) in [5.74, 6) is -1.53. The molecule has 7 heteroatoms. The summed E-state index contributed by atoms with van der Waals surface area (Å²) in [6.45, 7) is -0.591. The zero-order valence-electron chi connectivity index (χ0n) is 13.7. The first kappa shape index (κ1) is 18.0. The maximum Gasteiger partial charge on any atom is 0.340 e. The van der Waals surface area contributed by atoms with Gasteiger partial charge in [-0.25, -0.2) is 14.0 Å². The fourth-order valence-electron chi connectivity index (χ4n) is 2.58. The minimum Gasteiger partial charge on any atom is -0.453 e. The van der Waals surface area contributed by atoms with Gasteiger partial charge in [-0.15, -0.1) is 0 Å². The molecule has 6 nitrogen and oxygen atoms in total. The number of esters is 2. The van der Waals surface area contributed by atoms with E-state index in [0.29, 0.717) is 0 Å². The maximum absolute atomic E-state index is 14.7. The number of alkyl halides is 1. The minimum absolute atomic E-state index is 0.230. The van der Waals surface area contributed by atoms with Gasteiger partial charge in [-0.05, 0) is 24.3 Å². The van der Waals surface area contributed by atoms with Crippen LogP contribution in [0.1, 0.15) is 20.7 Å². The number of ether oxygens (including phenoxy) is 3. The SMILES string of the molecule is O=C(OC1C(F)[C@@H](OC(=O)c2ccccc2)O[C@@H]1CO)c1ccccc1. The fraction of sp³-hybridized carbons (Fsp3) is 0.263. The molecule has 0 saturated carbocycles. The van der Waals surface area contributed by atoms with Crippen molar-refractivity contribution in [2.45, 2.75) is 24.7 Å². The Morgan fingerprint density at radius 3 is 1.92 bits per heavy atom. The van der Waals surface area contributed by atoms with E-state index in [1.807, 2.05) is 0 Å². The van der Waals surface area contributed by atoms with Gasteiger partial charge in [-0.1, -0.05) is 36.4 Å². The third kappa shape index (κ3) is 3.89. The summed E-state index contributed by atoms with van der Waals surface area (Å²) in [5.41, 5.74) is 0.467. The largest absolute Gasteiger partial charge is 0.453 e. The Labute approximate surface area is 149 Å². The van der Waals surface area contributed by atoms with Crippen LogP contribution in [-0.2, 0) is 14.2 Å². The van der Waals surface area contributed by atoms with E-state index < -0.39 is 43.2 Å². The van der Waals surface area contributed by atoms with E-state index in [2.05, 4.69) is 0 Å². The van der Waals surface area contributed by atoms with Crippen LogP contribution in [0, 0.1) is 0 Å². The lowest BCUT2D eigenvalue weighted by atomic mass is 10.1. The molecule has 2 aromatic carbocycles. The van der Waals surface area contributed by atoms with Gasteiger partial charge in [-0.2, -0.15) is 0 Å². The molecule has 136 valence electrons. The Hall–Kier alpha value is -2.77. The van der Waals surface area contributed by atoms with Crippen LogP contribution in [-0.4, -0.2) is 48.3 Å². The molecule has 1 saturated heterocycles. The van der Waals surface area contributed by atoms with Crippen molar-refractivity contribution in [3.8, 4) is 0 Å². The van der Waals surface area contributed by atoms with E-state index in [1.54, 1.807) is 36.4 Å².